The summed E-state index contributed by atoms with van der Waals surface area (Å²) in [6.07, 6.45) is 2.69. The molecule has 0 aliphatic rings. The number of aromatic nitrogens is 1. The molecule has 1 aromatic heterocycles. The van der Waals surface area contributed by atoms with E-state index in [1.807, 2.05) is 37.3 Å². The summed E-state index contributed by atoms with van der Waals surface area (Å²) in [5.41, 5.74) is 5.06. The van der Waals surface area contributed by atoms with E-state index in [4.69, 9.17) is 9.15 Å². The third kappa shape index (κ3) is 4.99. The van der Waals surface area contributed by atoms with Gasteiger partial charge in [0.2, 0.25) is 5.89 Å². The Labute approximate surface area is 209 Å². The molecule has 0 radical (unpaired) electrons. The third-order valence-electron chi connectivity index (χ3n) is 5.54. The van der Waals surface area contributed by atoms with Crippen molar-refractivity contribution in [2.24, 2.45) is 4.99 Å². The van der Waals surface area contributed by atoms with Crippen molar-refractivity contribution < 1.29 is 14.3 Å². The van der Waals surface area contributed by atoms with Gasteiger partial charge in [-0.05, 0) is 99.2 Å². The molecule has 4 rings (SSSR count). The van der Waals surface area contributed by atoms with E-state index in [9.17, 15) is 5.11 Å². The molecule has 0 aliphatic carbocycles. The summed E-state index contributed by atoms with van der Waals surface area (Å²) >= 11 is 6.97. The molecule has 1 N–H and O–H groups in total. The van der Waals surface area contributed by atoms with E-state index in [0.29, 0.717) is 34.2 Å². The van der Waals surface area contributed by atoms with Crippen LogP contribution in [-0.2, 0) is 0 Å². The minimum Gasteiger partial charge on any atom is -0.504 e. The molecule has 1 atom stereocenters. The van der Waals surface area contributed by atoms with E-state index < -0.39 is 0 Å². The molecule has 33 heavy (non-hydrogen) atoms. The Balaban J connectivity index is 1.59. The van der Waals surface area contributed by atoms with E-state index in [2.05, 4.69) is 67.8 Å². The highest BCUT2D eigenvalue weighted by Crippen LogP contribution is 2.40. The Hall–Kier alpha value is -2.64. The van der Waals surface area contributed by atoms with Crippen LogP contribution in [0.5, 0.6) is 11.5 Å². The number of phenolic OH excluding ortho intramolecular Hbond substituents is 1. The lowest BCUT2D eigenvalue weighted by atomic mass is 9.98. The molecule has 0 spiro atoms. The van der Waals surface area contributed by atoms with E-state index in [1.165, 1.54) is 5.56 Å². The van der Waals surface area contributed by atoms with Crippen molar-refractivity contribution in [3.63, 3.8) is 0 Å². The van der Waals surface area contributed by atoms with Gasteiger partial charge in [-0.1, -0.05) is 19.9 Å². The third-order valence-corrected chi connectivity index (χ3v) is 7.55. The minimum absolute atomic E-state index is 0.0375. The number of nitrogens with zero attached hydrogens (tertiary/aromatic N) is 2. The van der Waals surface area contributed by atoms with Crippen molar-refractivity contribution in [2.75, 3.05) is 6.61 Å². The summed E-state index contributed by atoms with van der Waals surface area (Å²) in [6.45, 7) is 6.72. The number of aromatic hydroxyl groups is 1. The van der Waals surface area contributed by atoms with Gasteiger partial charge in [-0.3, -0.25) is 4.99 Å². The fourth-order valence-corrected chi connectivity index (χ4v) is 4.26. The largest absolute Gasteiger partial charge is 0.504 e. The zero-order valence-electron chi connectivity index (χ0n) is 18.6. The molecular weight excluding hydrogens is 548 g/mol. The SMILES string of the molecule is CCOc1cc(Br)c(Br)c(C=Nc2ccc(-c3nc4cc(C(C)CC)ccc4o3)cc2)c1O. The van der Waals surface area contributed by atoms with E-state index >= 15 is 0 Å². The van der Waals surface area contributed by atoms with Crippen molar-refractivity contribution in [3.8, 4) is 23.0 Å². The van der Waals surface area contributed by atoms with Gasteiger partial charge >= 0.3 is 0 Å². The normalized spacial score (nSPS) is 12.5. The molecule has 0 aliphatic heterocycles. The lowest BCUT2D eigenvalue weighted by Gasteiger charge is -2.11. The van der Waals surface area contributed by atoms with Gasteiger partial charge in [0.15, 0.2) is 17.1 Å². The maximum Gasteiger partial charge on any atom is 0.227 e. The summed E-state index contributed by atoms with van der Waals surface area (Å²) in [7, 11) is 0. The van der Waals surface area contributed by atoms with Crippen molar-refractivity contribution in [1.29, 1.82) is 0 Å². The Morgan fingerprint density at radius 1 is 1.12 bits per heavy atom. The predicted octanol–water partition coefficient (Wildman–Crippen LogP) is 8.39. The number of halogens is 2. The van der Waals surface area contributed by atoms with Crippen molar-refractivity contribution >= 4 is 54.9 Å². The van der Waals surface area contributed by atoms with Crippen molar-refractivity contribution in [3.05, 3.63) is 68.6 Å². The van der Waals surface area contributed by atoms with Crippen LogP contribution in [0.4, 0.5) is 5.69 Å². The van der Waals surface area contributed by atoms with E-state index in [1.54, 1.807) is 12.3 Å². The van der Waals surface area contributed by atoms with Crippen LogP contribution in [-0.4, -0.2) is 22.9 Å². The van der Waals surface area contributed by atoms with Gasteiger partial charge in [0, 0.05) is 20.7 Å². The average molecular weight is 572 g/mol. The van der Waals surface area contributed by atoms with Crippen molar-refractivity contribution in [1.82, 2.24) is 4.98 Å². The molecule has 170 valence electrons. The Bertz CT molecular complexity index is 1310. The van der Waals surface area contributed by atoms with Crippen LogP contribution in [0.3, 0.4) is 0 Å². The second-order valence-electron chi connectivity index (χ2n) is 7.73. The number of rotatable bonds is 7. The highest BCUT2D eigenvalue weighted by atomic mass is 79.9. The lowest BCUT2D eigenvalue weighted by Crippen LogP contribution is -1.95. The van der Waals surface area contributed by atoms with Gasteiger partial charge in [-0.15, -0.1) is 0 Å². The van der Waals surface area contributed by atoms with Crippen LogP contribution < -0.4 is 4.74 Å². The number of hydrogen-bond donors (Lipinski definition) is 1. The first-order chi connectivity index (χ1) is 15.9. The Morgan fingerprint density at radius 2 is 1.88 bits per heavy atom. The maximum atomic E-state index is 10.5. The zero-order chi connectivity index (χ0) is 23.5. The van der Waals surface area contributed by atoms with Crippen LogP contribution in [0.2, 0.25) is 0 Å². The van der Waals surface area contributed by atoms with E-state index in [-0.39, 0.29) is 5.75 Å². The fraction of sp³-hybridized carbons (Fsp3) is 0.231. The molecule has 0 amide bonds. The summed E-state index contributed by atoms with van der Waals surface area (Å²) in [4.78, 5) is 9.20. The van der Waals surface area contributed by atoms with Crippen LogP contribution in [0.1, 0.15) is 44.2 Å². The Kier molecular flexibility index (Phi) is 7.20. The second-order valence-corrected chi connectivity index (χ2v) is 9.37. The number of ether oxygens (including phenoxy) is 1. The molecule has 1 heterocycles. The number of aliphatic imine (C=N–C) groups is 1. The summed E-state index contributed by atoms with van der Waals surface area (Å²) in [6, 6.07) is 15.5. The van der Waals surface area contributed by atoms with Crippen LogP contribution in [0, 0.1) is 0 Å². The molecule has 4 aromatic rings. The molecule has 1 unspecified atom stereocenters. The number of benzene rings is 3. The molecule has 3 aromatic carbocycles. The monoisotopic (exact) mass is 570 g/mol. The van der Waals surface area contributed by atoms with Crippen molar-refractivity contribution in [2.45, 2.75) is 33.1 Å². The summed E-state index contributed by atoms with van der Waals surface area (Å²) < 4.78 is 12.9. The zero-order valence-corrected chi connectivity index (χ0v) is 21.8. The Morgan fingerprint density at radius 3 is 2.58 bits per heavy atom. The fourth-order valence-electron chi connectivity index (χ4n) is 3.43. The first-order valence-corrected chi connectivity index (χ1v) is 12.4. The van der Waals surface area contributed by atoms with Gasteiger partial charge in [-0.25, -0.2) is 4.98 Å². The number of oxazole rings is 1. The highest BCUT2D eigenvalue weighted by molar-refractivity contribution is 9.13. The quantitative estimate of drug-likeness (QED) is 0.226. The van der Waals surface area contributed by atoms with Gasteiger partial charge in [-0.2, -0.15) is 0 Å². The molecule has 0 saturated heterocycles. The topological polar surface area (TPSA) is 67.9 Å². The molecule has 5 nitrogen and oxygen atoms in total. The number of fused-ring (bicyclic) bond motifs is 1. The molecule has 0 bridgehead atoms. The maximum absolute atomic E-state index is 10.5. The number of phenols is 1. The molecular formula is C26H24Br2N2O3. The first kappa shape index (κ1) is 23.5. The van der Waals surface area contributed by atoms with Crippen LogP contribution in [0.15, 0.2) is 66.9 Å². The lowest BCUT2D eigenvalue weighted by molar-refractivity contribution is 0.317. The average Bonchev–Trinajstić information content (AvgIpc) is 3.26. The first-order valence-electron chi connectivity index (χ1n) is 10.8. The van der Waals surface area contributed by atoms with Crippen LogP contribution in [0.25, 0.3) is 22.6 Å². The van der Waals surface area contributed by atoms with Crippen LogP contribution >= 0.6 is 31.9 Å². The van der Waals surface area contributed by atoms with E-state index in [0.717, 1.165) is 33.2 Å². The predicted molar refractivity (Wildman–Crippen MR) is 140 cm³/mol. The highest BCUT2D eigenvalue weighted by Gasteiger charge is 2.15. The molecule has 0 fully saturated rings. The smallest absolute Gasteiger partial charge is 0.227 e. The summed E-state index contributed by atoms with van der Waals surface area (Å²) in [5, 5.41) is 10.5. The minimum atomic E-state index is 0.0375. The second kappa shape index (κ2) is 10.1. The molecule has 7 heteroatoms. The summed E-state index contributed by atoms with van der Waals surface area (Å²) in [5.74, 6) is 1.50. The molecule has 0 saturated carbocycles. The van der Waals surface area contributed by atoms with Gasteiger partial charge in [0.25, 0.3) is 0 Å². The number of hydrogen-bond acceptors (Lipinski definition) is 5. The van der Waals surface area contributed by atoms with Gasteiger partial charge < -0.3 is 14.3 Å². The van der Waals surface area contributed by atoms with Gasteiger partial charge in [0.05, 0.1) is 17.9 Å². The standard InChI is InChI=1S/C26H24Br2N2O3/c1-4-15(3)17-8-11-22-21(12-17)30-26(33-22)16-6-9-18(10-7-16)29-14-19-24(28)20(27)13-23(25(19)31)32-5-2/h6-15,31H,4-5H2,1-3H3. The van der Waals surface area contributed by atoms with Gasteiger partial charge in [0.1, 0.15) is 5.52 Å².